The Morgan fingerprint density at radius 3 is 2.75 bits per heavy atom. The van der Waals surface area contributed by atoms with Gasteiger partial charge in [-0.2, -0.15) is 10.2 Å². The largest absolute Gasteiger partial charge is 0.379 e. The second kappa shape index (κ2) is 6.68. The average Bonchev–Trinajstić information content (AvgIpc) is 3.31. The third-order valence-corrected chi connectivity index (χ3v) is 5.46. The molecule has 5 heterocycles. The Balaban J connectivity index is 1.71. The summed E-state index contributed by atoms with van der Waals surface area (Å²) < 4.78 is 10.9. The summed E-state index contributed by atoms with van der Waals surface area (Å²) in [4.78, 5) is 20.2. The molecular formula is C19H23N7O2. The van der Waals surface area contributed by atoms with E-state index < -0.39 is 0 Å². The maximum absolute atomic E-state index is 13.4. The topological polar surface area (TPSA) is 82.5 Å². The minimum atomic E-state index is -0.0330. The van der Waals surface area contributed by atoms with Crippen LogP contribution in [-0.4, -0.2) is 66.7 Å². The molecule has 1 aliphatic heterocycles. The third-order valence-electron chi connectivity index (χ3n) is 5.46. The highest BCUT2D eigenvalue weighted by molar-refractivity contribution is 6.02. The first kappa shape index (κ1) is 17.3. The Morgan fingerprint density at radius 1 is 1.14 bits per heavy atom. The molecule has 1 fully saturated rings. The molecule has 0 spiro atoms. The lowest BCUT2D eigenvalue weighted by Gasteiger charge is -2.26. The van der Waals surface area contributed by atoms with Gasteiger partial charge < -0.3 is 4.74 Å². The number of pyridine rings is 1. The molecule has 0 amide bonds. The minimum absolute atomic E-state index is 0.0330. The molecule has 0 radical (unpaired) electrons. The van der Waals surface area contributed by atoms with Crippen molar-refractivity contribution in [3.63, 3.8) is 0 Å². The number of hydrogen-bond acceptors (Lipinski definition) is 6. The molecule has 5 rings (SSSR count). The highest BCUT2D eigenvalue weighted by Crippen LogP contribution is 2.23. The minimum Gasteiger partial charge on any atom is -0.379 e. The summed E-state index contributed by atoms with van der Waals surface area (Å²) in [6.07, 6.45) is 3.44. The molecular weight excluding hydrogens is 358 g/mol. The smallest absolute Gasteiger partial charge is 0.263 e. The molecule has 1 aliphatic rings. The van der Waals surface area contributed by atoms with E-state index in [1.54, 1.807) is 12.4 Å². The predicted octanol–water partition coefficient (Wildman–Crippen LogP) is 1.05. The molecule has 0 atom stereocenters. The maximum Gasteiger partial charge on any atom is 0.263 e. The number of aryl methyl sites for hydroxylation is 2. The van der Waals surface area contributed by atoms with Crippen LogP contribution in [-0.2, 0) is 17.8 Å². The Bertz CT molecular complexity index is 1230. The van der Waals surface area contributed by atoms with E-state index in [0.717, 1.165) is 67.3 Å². The first-order valence-corrected chi connectivity index (χ1v) is 9.71. The highest BCUT2D eigenvalue weighted by Gasteiger charge is 2.18. The van der Waals surface area contributed by atoms with Crippen LogP contribution in [0.25, 0.3) is 27.6 Å². The van der Waals surface area contributed by atoms with Gasteiger partial charge in [-0.1, -0.05) is 0 Å². The summed E-state index contributed by atoms with van der Waals surface area (Å²) in [7, 11) is 0. The molecule has 9 nitrogen and oxygen atoms in total. The standard InChI is InChI=1S/C19H23N7O2/c1-3-25-18-14(12-21-25)17-15(11-20-18)19(27)24(16-10-13(2)22-26(16)17)5-4-23-6-8-28-9-7-23/h10-12H,3-9H2,1-2H3. The van der Waals surface area contributed by atoms with Crippen LogP contribution in [0, 0.1) is 6.92 Å². The fraction of sp³-hybridized carbons (Fsp3) is 0.474. The van der Waals surface area contributed by atoms with Crippen LogP contribution < -0.4 is 5.56 Å². The first-order valence-electron chi connectivity index (χ1n) is 9.71. The molecule has 4 aromatic rings. The van der Waals surface area contributed by atoms with E-state index in [1.807, 2.05) is 33.7 Å². The van der Waals surface area contributed by atoms with Crippen LogP contribution in [0.3, 0.4) is 0 Å². The van der Waals surface area contributed by atoms with Crippen molar-refractivity contribution >= 4 is 27.6 Å². The van der Waals surface area contributed by atoms with E-state index in [1.165, 1.54) is 0 Å². The Morgan fingerprint density at radius 2 is 1.96 bits per heavy atom. The van der Waals surface area contributed by atoms with Crippen molar-refractivity contribution in [1.29, 1.82) is 0 Å². The Kier molecular flexibility index (Phi) is 4.13. The van der Waals surface area contributed by atoms with Crippen molar-refractivity contribution < 1.29 is 4.74 Å². The van der Waals surface area contributed by atoms with Crippen molar-refractivity contribution in [2.45, 2.75) is 26.9 Å². The van der Waals surface area contributed by atoms with E-state index in [9.17, 15) is 4.79 Å². The molecule has 9 heteroatoms. The van der Waals surface area contributed by atoms with E-state index in [0.29, 0.717) is 11.9 Å². The molecule has 0 bridgehead atoms. The lowest BCUT2D eigenvalue weighted by molar-refractivity contribution is 0.0364. The van der Waals surface area contributed by atoms with Crippen molar-refractivity contribution in [2.75, 3.05) is 32.8 Å². The summed E-state index contributed by atoms with van der Waals surface area (Å²) in [6.45, 7) is 9.39. The van der Waals surface area contributed by atoms with Gasteiger partial charge in [0.25, 0.3) is 5.56 Å². The monoisotopic (exact) mass is 381 g/mol. The predicted molar refractivity (Wildman–Crippen MR) is 106 cm³/mol. The van der Waals surface area contributed by atoms with Gasteiger partial charge in [-0.05, 0) is 13.8 Å². The van der Waals surface area contributed by atoms with Gasteiger partial charge in [0.05, 0.1) is 41.4 Å². The Labute approximate surface area is 161 Å². The molecule has 4 aromatic heterocycles. The Hall–Kier alpha value is -2.78. The van der Waals surface area contributed by atoms with Crippen LogP contribution in [0.4, 0.5) is 0 Å². The summed E-state index contributed by atoms with van der Waals surface area (Å²) in [5, 5.41) is 10.5. The fourth-order valence-corrected chi connectivity index (χ4v) is 4.00. The molecule has 146 valence electrons. The summed E-state index contributed by atoms with van der Waals surface area (Å²) >= 11 is 0. The van der Waals surface area contributed by atoms with Gasteiger partial charge in [0.2, 0.25) is 0 Å². The van der Waals surface area contributed by atoms with Crippen LogP contribution in [0.1, 0.15) is 12.6 Å². The fourth-order valence-electron chi connectivity index (χ4n) is 4.00. The SMILES string of the molecule is CCn1ncc2c1ncc1c(=O)n(CCN3CCOCC3)c3cc(C)nn3c12. The van der Waals surface area contributed by atoms with Crippen molar-refractivity contribution in [2.24, 2.45) is 0 Å². The summed E-state index contributed by atoms with van der Waals surface area (Å²) in [5.41, 5.74) is 3.20. The lowest BCUT2D eigenvalue weighted by atomic mass is 10.2. The molecule has 28 heavy (non-hydrogen) atoms. The van der Waals surface area contributed by atoms with Crippen LogP contribution in [0.2, 0.25) is 0 Å². The zero-order chi connectivity index (χ0) is 19.3. The quantitative estimate of drug-likeness (QED) is 0.526. The van der Waals surface area contributed by atoms with E-state index >= 15 is 0 Å². The second-order valence-electron chi connectivity index (χ2n) is 7.18. The van der Waals surface area contributed by atoms with Gasteiger partial charge in [-0.3, -0.25) is 14.3 Å². The lowest BCUT2D eigenvalue weighted by Crippen LogP contribution is -2.39. The molecule has 0 saturated carbocycles. The van der Waals surface area contributed by atoms with Crippen molar-refractivity contribution in [1.82, 2.24) is 33.8 Å². The molecule has 0 aromatic carbocycles. The first-order chi connectivity index (χ1) is 13.7. The van der Waals surface area contributed by atoms with Gasteiger partial charge in [0, 0.05) is 45.0 Å². The van der Waals surface area contributed by atoms with E-state index in [-0.39, 0.29) is 5.56 Å². The molecule has 1 saturated heterocycles. The van der Waals surface area contributed by atoms with Crippen molar-refractivity contribution in [3.8, 4) is 0 Å². The van der Waals surface area contributed by atoms with Crippen LogP contribution in [0.15, 0.2) is 23.3 Å². The third kappa shape index (κ3) is 2.61. The zero-order valence-corrected chi connectivity index (χ0v) is 16.1. The van der Waals surface area contributed by atoms with Gasteiger partial charge in [0.15, 0.2) is 5.65 Å². The molecule has 0 N–H and O–H groups in total. The highest BCUT2D eigenvalue weighted by atomic mass is 16.5. The number of fused-ring (bicyclic) bond motifs is 5. The summed E-state index contributed by atoms with van der Waals surface area (Å²) in [5.74, 6) is 0. The van der Waals surface area contributed by atoms with Crippen LogP contribution in [0.5, 0.6) is 0 Å². The van der Waals surface area contributed by atoms with Crippen molar-refractivity contribution in [3.05, 3.63) is 34.5 Å². The maximum atomic E-state index is 13.4. The zero-order valence-electron chi connectivity index (χ0n) is 16.1. The number of rotatable bonds is 4. The van der Waals surface area contributed by atoms with Gasteiger partial charge in [-0.25, -0.2) is 14.2 Å². The van der Waals surface area contributed by atoms with Gasteiger partial charge >= 0.3 is 0 Å². The molecule has 0 aliphatic carbocycles. The number of aromatic nitrogens is 6. The second-order valence-corrected chi connectivity index (χ2v) is 7.18. The normalized spacial score (nSPS) is 15.9. The number of nitrogens with zero attached hydrogens (tertiary/aromatic N) is 7. The van der Waals surface area contributed by atoms with E-state index in [2.05, 4.69) is 20.1 Å². The van der Waals surface area contributed by atoms with E-state index in [4.69, 9.17) is 4.74 Å². The van der Waals surface area contributed by atoms with Gasteiger partial charge in [-0.15, -0.1) is 0 Å². The number of morpholine rings is 1. The average molecular weight is 381 g/mol. The number of hydrogen-bond donors (Lipinski definition) is 0. The van der Waals surface area contributed by atoms with Gasteiger partial charge in [0.1, 0.15) is 5.65 Å². The number of ether oxygens (including phenoxy) is 1. The summed E-state index contributed by atoms with van der Waals surface area (Å²) in [6, 6.07) is 1.97. The molecule has 0 unspecified atom stereocenters. The van der Waals surface area contributed by atoms with Crippen LogP contribution >= 0.6 is 0 Å².